The molecule has 0 bridgehead atoms. The average Bonchev–Trinajstić information content (AvgIpc) is 3.20. The third-order valence-electron chi connectivity index (χ3n) is 5.14. The first-order valence-corrected chi connectivity index (χ1v) is 9.90. The van der Waals surface area contributed by atoms with Crippen molar-refractivity contribution in [3.63, 3.8) is 0 Å². The lowest BCUT2D eigenvalue weighted by molar-refractivity contribution is -0.123. The molecule has 2 aromatic carbocycles. The van der Waals surface area contributed by atoms with Crippen LogP contribution in [0.15, 0.2) is 48.5 Å². The van der Waals surface area contributed by atoms with Gasteiger partial charge in [0.15, 0.2) is 6.10 Å². The van der Waals surface area contributed by atoms with Crippen LogP contribution in [-0.2, 0) is 22.4 Å². The van der Waals surface area contributed by atoms with Crippen LogP contribution >= 0.6 is 0 Å². The van der Waals surface area contributed by atoms with Gasteiger partial charge >= 0.3 is 12.6 Å². The number of halogens is 2. The third kappa shape index (κ3) is 4.33. The van der Waals surface area contributed by atoms with Crippen LogP contribution in [0, 0.1) is 0 Å². The first kappa shape index (κ1) is 20.7. The van der Waals surface area contributed by atoms with E-state index in [0.717, 1.165) is 30.5 Å². The number of hydrogen-bond acceptors (Lipinski definition) is 5. The van der Waals surface area contributed by atoms with Crippen LogP contribution in [0.2, 0.25) is 0 Å². The minimum absolute atomic E-state index is 0.0611. The monoisotopic (exact) mass is 426 g/mol. The highest BCUT2D eigenvalue weighted by atomic mass is 19.3. The van der Waals surface area contributed by atoms with Gasteiger partial charge in [-0.3, -0.25) is 9.78 Å². The van der Waals surface area contributed by atoms with Crippen molar-refractivity contribution in [2.24, 2.45) is 0 Å². The van der Waals surface area contributed by atoms with Gasteiger partial charge in [0.1, 0.15) is 5.75 Å². The lowest BCUT2D eigenvalue weighted by Gasteiger charge is -2.17. The molecule has 0 saturated heterocycles. The number of benzene rings is 2. The second-order valence-corrected chi connectivity index (χ2v) is 7.19. The number of pyridine rings is 1. The summed E-state index contributed by atoms with van der Waals surface area (Å²) in [5.41, 5.74) is 2.92. The van der Waals surface area contributed by atoms with Crippen LogP contribution in [0.25, 0.3) is 10.9 Å². The normalized spacial score (nSPS) is 13.7. The summed E-state index contributed by atoms with van der Waals surface area (Å²) in [4.78, 5) is 30.3. The van der Waals surface area contributed by atoms with E-state index < -0.39 is 24.6 Å². The number of carbonyl (C=O) groups is 2. The second kappa shape index (κ2) is 8.67. The van der Waals surface area contributed by atoms with E-state index in [2.05, 4.69) is 15.0 Å². The molecular formula is C23H20F2N2O4. The standard InChI is InChI=1S/C23H20F2N2O4/c1-13(21(28)27-18-10-4-5-12-19(18)31-23(24)25)30-22(29)20-14-7-2-3-9-16(14)26-17-11-6-8-15(17)20/h2-5,7,9-10,12-13,23H,6,8,11H2,1H3,(H,27,28). The topological polar surface area (TPSA) is 77.5 Å². The Bertz CT molecular complexity index is 1150. The van der Waals surface area contributed by atoms with Crippen LogP contribution in [0.4, 0.5) is 14.5 Å². The summed E-state index contributed by atoms with van der Waals surface area (Å²) in [5, 5.41) is 3.15. The van der Waals surface area contributed by atoms with Gasteiger partial charge in [-0.25, -0.2) is 4.79 Å². The highest BCUT2D eigenvalue weighted by Gasteiger charge is 2.27. The molecule has 0 saturated carbocycles. The summed E-state index contributed by atoms with van der Waals surface area (Å²) in [7, 11) is 0. The number of hydrogen-bond donors (Lipinski definition) is 1. The van der Waals surface area contributed by atoms with Crippen molar-refractivity contribution in [3.05, 3.63) is 65.4 Å². The predicted octanol–water partition coefficient (Wildman–Crippen LogP) is 4.51. The molecule has 1 aromatic heterocycles. The fourth-order valence-electron chi connectivity index (χ4n) is 3.72. The Labute approximate surface area is 177 Å². The third-order valence-corrected chi connectivity index (χ3v) is 5.14. The van der Waals surface area contributed by atoms with Gasteiger partial charge in [-0.1, -0.05) is 30.3 Å². The second-order valence-electron chi connectivity index (χ2n) is 7.19. The molecule has 0 radical (unpaired) electrons. The van der Waals surface area contributed by atoms with E-state index in [4.69, 9.17) is 4.74 Å². The van der Waals surface area contributed by atoms with Gasteiger partial charge < -0.3 is 14.8 Å². The van der Waals surface area contributed by atoms with Crippen molar-refractivity contribution < 1.29 is 27.8 Å². The predicted molar refractivity (Wildman–Crippen MR) is 110 cm³/mol. The van der Waals surface area contributed by atoms with E-state index in [1.54, 1.807) is 12.1 Å². The minimum atomic E-state index is -3.03. The number of para-hydroxylation sites is 3. The van der Waals surface area contributed by atoms with Gasteiger partial charge in [0.05, 0.1) is 16.8 Å². The van der Waals surface area contributed by atoms with Crippen molar-refractivity contribution in [3.8, 4) is 5.75 Å². The Morgan fingerprint density at radius 1 is 1.06 bits per heavy atom. The molecule has 0 aliphatic heterocycles. The highest BCUT2D eigenvalue weighted by molar-refractivity contribution is 6.06. The smallest absolute Gasteiger partial charge is 0.387 e. The zero-order chi connectivity index (χ0) is 22.0. The molecule has 4 rings (SSSR count). The number of rotatable bonds is 6. The molecule has 0 fully saturated rings. The van der Waals surface area contributed by atoms with Gasteiger partial charge in [-0.2, -0.15) is 8.78 Å². The molecule has 1 heterocycles. The lowest BCUT2D eigenvalue weighted by Crippen LogP contribution is -2.30. The Morgan fingerprint density at radius 3 is 2.61 bits per heavy atom. The van der Waals surface area contributed by atoms with Crippen LogP contribution in [0.3, 0.4) is 0 Å². The largest absolute Gasteiger partial charge is 0.449 e. The maximum atomic E-state index is 13.0. The number of alkyl halides is 2. The van der Waals surface area contributed by atoms with E-state index in [-0.39, 0.29) is 11.4 Å². The van der Waals surface area contributed by atoms with Gasteiger partial charge in [0.25, 0.3) is 5.91 Å². The highest BCUT2D eigenvalue weighted by Crippen LogP contribution is 2.31. The molecule has 31 heavy (non-hydrogen) atoms. The number of aromatic nitrogens is 1. The summed E-state index contributed by atoms with van der Waals surface area (Å²) in [6.07, 6.45) is 1.25. The first-order chi connectivity index (χ1) is 14.9. The SMILES string of the molecule is CC(OC(=O)c1c2c(nc3ccccc13)CCC2)C(=O)Nc1ccccc1OC(F)F. The van der Waals surface area contributed by atoms with Crippen molar-refractivity contribution in [1.29, 1.82) is 0 Å². The van der Waals surface area contributed by atoms with Crippen molar-refractivity contribution in [1.82, 2.24) is 4.98 Å². The van der Waals surface area contributed by atoms with Crippen LogP contribution in [-0.4, -0.2) is 29.6 Å². The fourth-order valence-corrected chi connectivity index (χ4v) is 3.72. The van der Waals surface area contributed by atoms with Gasteiger partial charge in [-0.05, 0) is 49.9 Å². The molecule has 0 spiro atoms. The Morgan fingerprint density at radius 2 is 1.81 bits per heavy atom. The quantitative estimate of drug-likeness (QED) is 0.587. The van der Waals surface area contributed by atoms with E-state index in [1.165, 1.54) is 25.1 Å². The van der Waals surface area contributed by atoms with Crippen LogP contribution < -0.4 is 10.1 Å². The first-order valence-electron chi connectivity index (χ1n) is 9.90. The number of amides is 1. The molecule has 1 atom stereocenters. The molecule has 1 aliphatic rings. The lowest BCUT2D eigenvalue weighted by atomic mass is 10.0. The maximum absolute atomic E-state index is 13.0. The Balaban J connectivity index is 1.54. The summed E-state index contributed by atoms with van der Waals surface area (Å²) in [6.45, 7) is -1.61. The average molecular weight is 426 g/mol. The number of esters is 1. The van der Waals surface area contributed by atoms with Gasteiger partial charge in [0, 0.05) is 11.1 Å². The zero-order valence-corrected chi connectivity index (χ0v) is 16.7. The van der Waals surface area contributed by atoms with Crippen LogP contribution in [0.5, 0.6) is 5.75 Å². The van der Waals surface area contributed by atoms with Crippen molar-refractivity contribution in [2.45, 2.75) is 38.9 Å². The zero-order valence-electron chi connectivity index (χ0n) is 16.7. The molecule has 1 unspecified atom stereocenters. The number of anilines is 1. The Kier molecular flexibility index (Phi) is 5.79. The fraction of sp³-hybridized carbons (Fsp3) is 0.261. The van der Waals surface area contributed by atoms with Gasteiger partial charge in [0.2, 0.25) is 0 Å². The summed E-state index contributed by atoms with van der Waals surface area (Å²) >= 11 is 0. The number of ether oxygens (including phenoxy) is 2. The van der Waals surface area contributed by atoms with Gasteiger partial charge in [-0.15, -0.1) is 0 Å². The van der Waals surface area contributed by atoms with Crippen molar-refractivity contribution >= 4 is 28.5 Å². The van der Waals surface area contributed by atoms with E-state index in [1.807, 2.05) is 18.2 Å². The molecule has 8 heteroatoms. The van der Waals surface area contributed by atoms with Crippen LogP contribution in [0.1, 0.15) is 35.0 Å². The maximum Gasteiger partial charge on any atom is 0.387 e. The number of carbonyl (C=O) groups excluding carboxylic acids is 2. The van der Waals surface area contributed by atoms with Crippen molar-refractivity contribution in [2.75, 3.05) is 5.32 Å². The molecule has 1 amide bonds. The molecule has 1 N–H and O–H groups in total. The summed E-state index contributed by atoms with van der Waals surface area (Å²) in [6, 6.07) is 13.1. The number of fused-ring (bicyclic) bond motifs is 2. The number of nitrogens with zero attached hydrogens (tertiary/aromatic N) is 1. The molecular weight excluding hydrogens is 406 g/mol. The summed E-state index contributed by atoms with van der Waals surface area (Å²) in [5.74, 6) is -1.45. The molecule has 3 aromatic rings. The number of aryl methyl sites for hydroxylation is 1. The molecule has 1 aliphatic carbocycles. The molecule has 6 nitrogen and oxygen atoms in total. The van der Waals surface area contributed by atoms with E-state index in [9.17, 15) is 18.4 Å². The number of nitrogens with one attached hydrogen (secondary N) is 1. The van der Waals surface area contributed by atoms with E-state index >= 15 is 0 Å². The minimum Gasteiger partial charge on any atom is -0.449 e. The van der Waals surface area contributed by atoms with E-state index in [0.29, 0.717) is 16.5 Å². The summed E-state index contributed by atoms with van der Waals surface area (Å²) < 4.78 is 35.0. The Hall–Kier alpha value is -3.55. The molecule has 160 valence electrons.